The number of carbonyl (C=O) groups excluding carboxylic acids is 2. The number of ketones is 1. The number of rotatable bonds is 7. The quantitative estimate of drug-likeness (QED) is 0.467. The van der Waals surface area contributed by atoms with Gasteiger partial charge in [0, 0.05) is 42.3 Å². The van der Waals surface area contributed by atoms with Crippen molar-refractivity contribution in [2.75, 3.05) is 19.3 Å². The second-order valence-corrected chi connectivity index (χ2v) is 10.0. The van der Waals surface area contributed by atoms with E-state index in [1.54, 1.807) is 16.7 Å². The van der Waals surface area contributed by atoms with E-state index < -0.39 is 11.6 Å². The van der Waals surface area contributed by atoms with Crippen molar-refractivity contribution < 1.29 is 24.2 Å². The standard InChI is InChI=1S/C26H31NO5S/c1-15-11-19(12-16(2)24(15)32-26(4,5)25(30)31)21-13-27(17(3)28)14-22(21)23(29)18-7-9-20(33-6)10-8-18/h7-12,21-22H,13-14H2,1-6H3,(H,30,31)/t21-,22+/m0/s1. The van der Waals surface area contributed by atoms with Gasteiger partial charge in [0.15, 0.2) is 11.4 Å². The Morgan fingerprint density at radius 1 is 1.06 bits per heavy atom. The van der Waals surface area contributed by atoms with Gasteiger partial charge < -0.3 is 14.7 Å². The lowest BCUT2D eigenvalue weighted by atomic mass is 9.82. The fraction of sp³-hybridized carbons (Fsp3) is 0.423. The van der Waals surface area contributed by atoms with Gasteiger partial charge in [-0.15, -0.1) is 11.8 Å². The fourth-order valence-electron chi connectivity index (χ4n) is 4.29. The van der Waals surface area contributed by atoms with Gasteiger partial charge >= 0.3 is 5.97 Å². The van der Waals surface area contributed by atoms with E-state index >= 15 is 0 Å². The van der Waals surface area contributed by atoms with Gasteiger partial charge in [-0.1, -0.05) is 24.3 Å². The van der Waals surface area contributed by atoms with E-state index in [1.807, 2.05) is 56.5 Å². The molecule has 1 aliphatic rings. The van der Waals surface area contributed by atoms with Crippen LogP contribution in [0.3, 0.4) is 0 Å². The Hall–Kier alpha value is -2.80. The molecule has 1 fully saturated rings. The average molecular weight is 470 g/mol. The first kappa shape index (κ1) is 24.8. The van der Waals surface area contributed by atoms with Crippen molar-refractivity contribution in [3.8, 4) is 5.75 Å². The first-order valence-electron chi connectivity index (χ1n) is 10.9. The van der Waals surface area contributed by atoms with Gasteiger partial charge in [-0.3, -0.25) is 9.59 Å². The molecule has 1 N–H and O–H groups in total. The molecule has 3 rings (SSSR count). The predicted octanol–water partition coefficient (Wildman–Crippen LogP) is 4.71. The number of benzene rings is 2. The highest BCUT2D eigenvalue weighted by Crippen LogP contribution is 2.39. The van der Waals surface area contributed by atoms with Crippen molar-refractivity contribution >= 4 is 29.4 Å². The zero-order valence-electron chi connectivity index (χ0n) is 20.0. The summed E-state index contributed by atoms with van der Waals surface area (Å²) in [6, 6.07) is 11.5. The molecule has 6 nitrogen and oxygen atoms in total. The average Bonchev–Trinajstić information content (AvgIpc) is 3.21. The van der Waals surface area contributed by atoms with E-state index in [1.165, 1.54) is 20.8 Å². The van der Waals surface area contributed by atoms with Gasteiger partial charge in [0.05, 0.1) is 0 Å². The number of carboxylic acids is 1. The number of hydrogen-bond acceptors (Lipinski definition) is 5. The number of nitrogens with zero attached hydrogens (tertiary/aromatic N) is 1. The van der Waals surface area contributed by atoms with Crippen molar-refractivity contribution in [1.29, 1.82) is 0 Å². The van der Waals surface area contributed by atoms with Gasteiger partial charge in [0.25, 0.3) is 0 Å². The third kappa shape index (κ3) is 5.24. The topological polar surface area (TPSA) is 83.9 Å². The number of thioether (sulfide) groups is 1. The molecule has 1 aliphatic heterocycles. The van der Waals surface area contributed by atoms with Crippen LogP contribution in [0.25, 0.3) is 0 Å². The number of amides is 1. The summed E-state index contributed by atoms with van der Waals surface area (Å²) in [5.41, 5.74) is 1.84. The Bertz CT molecular complexity index is 1050. The number of likely N-dealkylation sites (tertiary alicyclic amines) is 1. The Kier molecular flexibility index (Phi) is 7.22. The molecule has 176 valence electrons. The Morgan fingerprint density at radius 3 is 2.12 bits per heavy atom. The van der Waals surface area contributed by atoms with E-state index in [-0.39, 0.29) is 23.5 Å². The Labute approximate surface area is 199 Å². The van der Waals surface area contributed by atoms with E-state index in [2.05, 4.69) is 0 Å². The summed E-state index contributed by atoms with van der Waals surface area (Å²) in [7, 11) is 0. The third-order valence-corrected chi connectivity index (χ3v) is 7.00. The summed E-state index contributed by atoms with van der Waals surface area (Å²) in [4.78, 5) is 40.0. The molecular weight excluding hydrogens is 438 g/mol. The van der Waals surface area contributed by atoms with Crippen molar-refractivity contribution in [1.82, 2.24) is 4.90 Å². The van der Waals surface area contributed by atoms with Crippen LogP contribution in [0.5, 0.6) is 5.75 Å². The van der Waals surface area contributed by atoms with Crippen molar-refractivity contribution in [2.45, 2.75) is 51.0 Å². The molecule has 2 atom stereocenters. The molecular formula is C26H31NO5S. The van der Waals surface area contributed by atoms with Gasteiger partial charge in [0.1, 0.15) is 5.75 Å². The molecule has 33 heavy (non-hydrogen) atoms. The molecule has 0 radical (unpaired) electrons. The van der Waals surface area contributed by atoms with Gasteiger partial charge in [-0.25, -0.2) is 4.79 Å². The zero-order valence-corrected chi connectivity index (χ0v) is 20.8. The molecule has 2 aromatic carbocycles. The second-order valence-electron chi connectivity index (χ2n) is 9.13. The number of aryl methyl sites for hydroxylation is 2. The van der Waals surface area contributed by atoms with Gasteiger partial charge in [0.2, 0.25) is 5.91 Å². The maximum absolute atomic E-state index is 13.5. The molecule has 0 bridgehead atoms. The zero-order chi connectivity index (χ0) is 24.5. The number of ether oxygens (including phenoxy) is 1. The molecule has 1 saturated heterocycles. The molecule has 0 spiro atoms. The molecule has 1 heterocycles. The summed E-state index contributed by atoms with van der Waals surface area (Å²) >= 11 is 1.62. The van der Waals surface area contributed by atoms with Crippen LogP contribution >= 0.6 is 11.8 Å². The minimum atomic E-state index is -1.36. The number of carbonyl (C=O) groups is 3. The fourth-order valence-corrected chi connectivity index (χ4v) is 4.70. The first-order chi connectivity index (χ1) is 15.4. The molecule has 1 amide bonds. The lowest BCUT2D eigenvalue weighted by molar-refractivity contribution is -0.152. The van der Waals surface area contributed by atoms with E-state index in [4.69, 9.17) is 4.74 Å². The Morgan fingerprint density at radius 2 is 1.64 bits per heavy atom. The first-order valence-corrected chi connectivity index (χ1v) is 12.1. The normalized spacial score (nSPS) is 18.3. The minimum Gasteiger partial charge on any atom is -0.478 e. The molecule has 0 aromatic heterocycles. The number of aliphatic carboxylic acids is 1. The molecule has 0 saturated carbocycles. The predicted molar refractivity (Wildman–Crippen MR) is 129 cm³/mol. The monoisotopic (exact) mass is 469 g/mol. The lowest BCUT2D eigenvalue weighted by Gasteiger charge is -2.26. The highest BCUT2D eigenvalue weighted by atomic mass is 32.2. The minimum absolute atomic E-state index is 0.0269. The number of carboxylic acid groups (broad SMARTS) is 1. The smallest absolute Gasteiger partial charge is 0.347 e. The number of Topliss-reactive ketones (excluding diaryl/α,β-unsaturated/α-hetero) is 1. The van der Waals surface area contributed by atoms with Gasteiger partial charge in [-0.05, 0) is 62.8 Å². The largest absolute Gasteiger partial charge is 0.478 e. The lowest BCUT2D eigenvalue weighted by Crippen LogP contribution is -2.38. The third-order valence-electron chi connectivity index (χ3n) is 6.26. The highest BCUT2D eigenvalue weighted by molar-refractivity contribution is 7.98. The van der Waals surface area contributed by atoms with Crippen LogP contribution in [-0.4, -0.2) is 52.6 Å². The maximum atomic E-state index is 13.5. The summed E-state index contributed by atoms with van der Waals surface area (Å²) in [5.74, 6) is -1.04. The van der Waals surface area contributed by atoms with Crippen molar-refractivity contribution in [2.24, 2.45) is 5.92 Å². The van der Waals surface area contributed by atoms with Crippen molar-refractivity contribution in [3.05, 3.63) is 58.7 Å². The molecule has 0 aliphatic carbocycles. The molecule has 2 aromatic rings. The van der Waals surface area contributed by atoms with Crippen LogP contribution in [0.15, 0.2) is 41.3 Å². The maximum Gasteiger partial charge on any atom is 0.347 e. The van der Waals surface area contributed by atoms with Gasteiger partial charge in [-0.2, -0.15) is 0 Å². The van der Waals surface area contributed by atoms with Crippen LogP contribution in [-0.2, 0) is 9.59 Å². The Balaban J connectivity index is 1.96. The van der Waals surface area contributed by atoms with Crippen LogP contribution in [0.1, 0.15) is 53.7 Å². The van der Waals surface area contributed by atoms with E-state index in [0.717, 1.165) is 21.6 Å². The number of hydrogen-bond donors (Lipinski definition) is 1. The van der Waals surface area contributed by atoms with Crippen LogP contribution in [0.2, 0.25) is 0 Å². The summed E-state index contributed by atoms with van der Waals surface area (Å²) in [6.07, 6.45) is 1.99. The van der Waals surface area contributed by atoms with E-state index in [9.17, 15) is 19.5 Å². The van der Waals surface area contributed by atoms with Crippen LogP contribution < -0.4 is 4.74 Å². The van der Waals surface area contributed by atoms with Crippen molar-refractivity contribution in [3.63, 3.8) is 0 Å². The second kappa shape index (κ2) is 9.59. The summed E-state index contributed by atoms with van der Waals surface area (Å²) < 4.78 is 5.83. The highest BCUT2D eigenvalue weighted by Gasteiger charge is 2.40. The van der Waals surface area contributed by atoms with E-state index in [0.29, 0.717) is 24.4 Å². The van der Waals surface area contributed by atoms with Crippen LogP contribution in [0.4, 0.5) is 0 Å². The van der Waals surface area contributed by atoms with Crippen LogP contribution in [0, 0.1) is 19.8 Å². The summed E-state index contributed by atoms with van der Waals surface area (Å²) in [6.45, 7) is 9.15. The molecule has 0 unspecified atom stereocenters. The SMILES string of the molecule is CSc1ccc(C(=O)[C@@H]2CN(C(C)=O)C[C@H]2c2cc(C)c(OC(C)(C)C(=O)O)c(C)c2)cc1. The summed E-state index contributed by atoms with van der Waals surface area (Å²) in [5, 5.41) is 9.43. The molecule has 7 heteroatoms.